The van der Waals surface area contributed by atoms with Crippen LogP contribution in [0.4, 0.5) is 0 Å². The van der Waals surface area contributed by atoms with Crippen LogP contribution >= 0.6 is 11.6 Å². The van der Waals surface area contributed by atoms with Crippen molar-refractivity contribution in [2.45, 2.75) is 6.42 Å². The number of ether oxygens (including phenoxy) is 2. The monoisotopic (exact) mass is 380 g/mol. The molecular weight excluding hydrogens is 364 g/mol. The summed E-state index contributed by atoms with van der Waals surface area (Å²) in [5, 5.41) is 0.520. The number of rotatable bonds is 6. The molecule has 0 bridgehead atoms. The van der Waals surface area contributed by atoms with Crippen molar-refractivity contribution in [3.8, 4) is 11.5 Å². The standard InChI is InChI=1S/C22H17ClO4/c1-26-18-11-12-19(20(24)13-15-5-3-2-4-6-15)21(14-18)27-22(25)16-7-9-17(23)10-8-16/h2-12,14H,13H2,1H3. The van der Waals surface area contributed by atoms with Gasteiger partial charge in [-0.3, -0.25) is 4.79 Å². The van der Waals surface area contributed by atoms with E-state index in [1.54, 1.807) is 36.4 Å². The lowest BCUT2D eigenvalue weighted by molar-refractivity contribution is 0.0732. The largest absolute Gasteiger partial charge is 0.497 e. The van der Waals surface area contributed by atoms with Crippen LogP contribution in [0.3, 0.4) is 0 Å². The fourth-order valence-corrected chi connectivity index (χ4v) is 2.69. The lowest BCUT2D eigenvalue weighted by atomic mass is 10.0. The topological polar surface area (TPSA) is 52.6 Å². The highest BCUT2D eigenvalue weighted by molar-refractivity contribution is 6.30. The minimum absolute atomic E-state index is 0.150. The highest BCUT2D eigenvalue weighted by Gasteiger charge is 2.18. The van der Waals surface area contributed by atoms with Gasteiger partial charge in [0.1, 0.15) is 11.5 Å². The zero-order chi connectivity index (χ0) is 19.2. The summed E-state index contributed by atoms with van der Waals surface area (Å²) in [6.07, 6.45) is 0.207. The predicted molar refractivity (Wildman–Crippen MR) is 104 cm³/mol. The molecule has 0 saturated carbocycles. The van der Waals surface area contributed by atoms with Crippen molar-refractivity contribution < 1.29 is 19.1 Å². The molecule has 0 N–H and O–H groups in total. The van der Waals surface area contributed by atoms with E-state index in [1.165, 1.54) is 13.2 Å². The van der Waals surface area contributed by atoms with E-state index in [2.05, 4.69) is 0 Å². The van der Waals surface area contributed by atoms with Crippen LogP contribution < -0.4 is 9.47 Å². The Bertz CT molecular complexity index is 950. The van der Waals surface area contributed by atoms with E-state index in [-0.39, 0.29) is 18.0 Å². The number of carbonyl (C=O) groups excluding carboxylic acids is 2. The van der Waals surface area contributed by atoms with E-state index in [0.717, 1.165) is 5.56 Å². The number of methoxy groups -OCH3 is 1. The van der Waals surface area contributed by atoms with Crippen LogP contribution in [-0.4, -0.2) is 18.9 Å². The van der Waals surface area contributed by atoms with Crippen LogP contribution in [0.15, 0.2) is 72.8 Å². The molecule has 3 aromatic carbocycles. The van der Waals surface area contributed by atoms with E-state index < -0.39 is 5.97 Å². The van der Waals surface area contributed by atoms with Gasteiger partial charge in [0.2, 0.25) is 0 Å². The molecule has 5 heteroatoms. The number of Topliss-reactive ketones (excluding diaryl/α,β-unsaturated/α-hetero) is 1. The van der Waals surface area contributed by atoms with E-state index in [4.69, 9.17) is 21.1 Å². The SMILES string of the molecule is COc1ccc(C(=O)Cc2ccccc2)c(OC(=O)c2ccc(Cl)cc2)c1. The highest BCUT2D eigenvalue weighted by atomic mass is 35.5. The van der Waals surface area contributed by atoms with Crippen LogP contribution in [0.2, 0.25) is 5.02 Å². The van der Waals surface area contributed by atoms with Crippen LogP contribution in [0.25, 0.3) is 0 Å². The molecule has 27 heavy (non-hydrogen) atoms. The Labute approximate surface area is 162 Å². The zero-order valence-electron chi connectivity index (χ0n) is 14.6. The molecule has 0 amide bonds. The lowest BCUT2D eigenvalue weighted by Gasteiger charge is -2.11. The fraction of sp³-hybridized carbons (Fsp3) is 0.0909. The first-order valence-corrected chi connectivity index (χ1v) is 8.67. The molecule has 0 spiro atoms. The van der Waals surface area contributed by atoms with E-state index in [9.17, 15) is 9.59 Å². The van der Waals surface area contributed by atoms with Crippen molar-refractivity contribution in [3.05, 3.63) is 94.5 Å². The van der Waals surface area contributed by atoms with E-state index >= 15 is 0 Å². The molecule has 0 aliphatic heterocycles. The van der Waals surface area contributed by atoms with Crippen molar-refractivity contribution >= 4 is 23.4 Å². The molecule has 0 radical (unpaired) electrons. The third kappa shape index (κ3) is 4.74. The summed E-state index contributed by atoms with van der Waals surface area (Å²) in [5.41, 5.74) is 1.54. The van der Waals surface area contributed by atoms with Gasteiger partial charge in [-0.15, -0.1) is 0 Å². The van der Waals surface area contributed by atoms with Crippen LogP contribution in [0.5, 0.6) is 11.5 Å². The molecule has 3 aromatic rings. The Kier molecular flexibility index (Phi) is 5.89. The lowest BCUT2D eigenvalue weighted by Crippen LogP contribution is -2.13. The Morgan fingerprint density at radius 2 is 1.63 bits per heavy atom. The third-order valence-electron chi connectivity index (χ3n) is 3.98. The van der Waals surface area contributed by atoms with Gasteiger partial charge in [-0.05, 0) is 42.0 Å². The zero-order valence-corrected chi connectivity index (χ0v) is 15.4. The Hall–Kier alpha value is -3.11. The molecule has 0 fully saturated rings. The number of benzene rings is 3. The average molecular weight is 381 g/mol. The number of hydrogen-bond donors (Lipinski definition) is 0. The van der Waals surface area contributed by atoms with Crippen LogP contribution in [0.1, 0.15) is 26.3 Å². The number of carbonyl (C=O) groups is 2. The maximum absolute atomic E-state index is 12.7. The number of hydrogen-bond acceptors (Lipinski definition) is 4. The van der Waals surface area contributed by atoms with Crippen molar-refractivity contribution in [1.82, 2.24) is 0 Å². The Balaban J connectivity index is 1.87. The second-order valence-corrected chi connectivity index (χ2v) is 6.28. The molecule has 4 nitrogen and oxygen atoms in total. The summed E-state index contributed by atoms with van der Waals surface area (Å²) in [5.74, 6) is -0.0724. The van der Waals surface area contributed by atoms with Crippen LogP contribution in [0, 0.1) is 0 Å². The molecule has 0 saturated heterocycles. The number of ketones is 1. The maximum atomic E-state index is 12.7. The molecule has 0 aromatic heterocycles. The smallest absolute Gasteiger partial charge is 0.343 e. The minimum atomic E-state index is -0.575. The van der Waals surface area contributed by atoms with E-state index in [0.29, 0.717) is 21.9 Å². The van der Waals surface area contributed by atoms with Gasteiger partial charge in [-0.2, -0.15) is 0 Å². The second-order valence-electron chi connectivity index (χ2n) is 5.84. The Morgan fingerprint density at radius 3 is 2.30 bits per heavy atom. The molecule has 136 valence electrons. The van der Waals surface area contributed by atoms with Gasteiger partial charge < -0.3 is 9.47 Å². The summed E-state index contributed by atoms with van der Waals surface area (Å²) in [6.45, 7) is 0. The van der Waals surface area contributed by atoms with Gasteiger partial charge in [0.05, 0.1) is 18.2 Å². The second kappa shape index (κ2) is 8.52. The number of halogens is 1. The van der Waals surface area contributed by atoms with Gasteiger partial charge in [-0.1, -0.05) is 41.9 Å². The first-order valence-electron chi connectivity index (χ1n) is 8.30. The van der Waals surface area contributed by atoms with Gasteiger partial charge >= 0.3 is 5.97 Å². The van der Waals surface area contributed by atoms with Gasteiger partial charge in [0.25, 0.3) is 0 Å². The molecule has 0 unspecified atom stereocenters. The summed E-state index contributed by atoms with van der Waals surface area (Å²) < 4.78 is 10.7. The molecule has 0 atom stereocenters. The molecular formula is C22H17ClO4. The molecule has 0 aliphatic carbocycles. The predicted octanol–water partition coefficient (Wildman–Crippen LogP) is 4.99. The molecule has 0 aliphatic rings. The van der Waals surface area contributed by atoms with Crippen molar-refractivity contribution in [1.29, 1.82) is 0 Å². The normalized spacial score (nSPS) is 10.3. The number of esters is 1. The van der Waals surface area contributed by atoms with Crippen molar-refractivity contribution in [2.75, 3.05) is 7.11 Å². The first-order chi connectivity index (χ1) is 13.1. The quantitative estimate of drug-likeness (QED) is 0.343. The van der Waals surface area contributed by atoms with E-state index in [1.807, 2.05) is 30.3 Å². The van der Waals surface area contributed by atoms with Crippen LogP contribution in [-0.2, 0) is 6.42 Å². The van der Waals surface area contributed by atoms with Gasteiger partial charge in [0.15, 0.2) is 5.78 Å². The fourth-order valence-electron chi connectivity index (χ4n) is 2.57. The first kappa shape index (κ1) is 18.7. The molecule has 3 rings (SSSR count). The summed E-state index contributed by atoms with van der Waals surface area (Å²) in [4.78, 5) is 25.2. The van der Waals surface area contributed by atoms with Gasteiger partial charge in [0, 0.05) is 17.5 Å². The summed E-state index contributed by atoms with van der Waals surface area (Å²) >= 11 is 5.85. The van der Waals surface area contributed by atoms with Crippen molar-refractivity contribution in [2.24, 2.45) is 0 Å². The van der Waals surface area contributed by atoms with Crippen molar-refractivity contribution in [3.63, 3.8) is 0 Å². The summed E-state index contributed by atoms with van der Waals surface area (Å²) in [6, 6.07) is 20.5. The third-order valence-corrected chi connectivity index (χ3v) is 4.23. The minimum Gasteiger partial charge on any atom is -0.497 e. The highest BCUT2D eigenvalue weighted by Crippen LogP contribution is 2.27. The Morgan fingerprint density at radius 1 is 0.926 bits per heavy atom. The summed E-state index contributed by atoms with van der Waals surface area (Å²) in [7, 11) is 1.51. The average Bonchev–Trinajstić information content (AvgIpc) is 2.69. The van der Waals surface area contributed by atoms with Gasteiger partial charge in [-0.25, -0.2) is 4.79 Å². The molecule has 0 heterocycles. The maximum Gasteiger partial charge on any atom is 0.343 e.